The number of para-hydroxylation sites is 2. The zero-order valence-electron chi connectivity index (χ0n) is 16.1. The Morgan fingerprint density at radius 1 is 1.21 bits per heavy atom. The van der Waals surface area contributed by atoms with Gasteiger partial charge in [0.05, 0.1) is 23.4 Å². The number of carbonyl (C=O) groups excluding carboxylic acids is 2. The molecule has 2 N–H and O–H groups in total. The SMILES string of the molecule is COc1ccccc1NC(=O)N1CCC(CNC(=O)c2ccc(F)cc2Cl)CC1. The second kappa shape index (κ2) is 9.60. The highest BCUT2D eigenvalue weighted by molar-refractivity contribution is 6.33. The van der Waals surface area contributed by atoms with E-state index in [4.69, 9.17) is 16.3 Å². The minimum atomic E-state index is -0.481. The topological polar surface area (TPSA) is 70.7 Å². The lowest BCUT2D eigenvalue weighted by molar-refractivity contribution is 0.0939. The van der Waals surface area contributed by atoms with Gasteiger partial charge in [0.1, 0.15) is 11.6 Å². The third-order valence-corrected chi connectivity index (χ3v) is 5.29. The lowest BCUT2D eigenvalue weighted by Crippen LogP contribution is -2.43. The van der Waals surface area contributed by atoms with Gasteiger partial charge in [-0.2, -0.15) is 0 Å². The normalized spacial score (nSPS) is 14.4. The van der Waals surface area contributed by atoms with Crippen LogP contribution in [-0.2, 0) is 0 Å². The number of piperidine rings is 1. The second-order valence-corrected chi connectivity index (χ2v) is 7.30. The van der Waals surface area contributed by atoms with Crippen molar-refractivity contribution in [2.24, 2.45) is 5.92 Å². The third-order valence-electron chi connectivity index (χ3n) is 4.98. The number of anilines is 1. The molecule has 1 heterocycles. The molecule has 1 aliphatic heterocycles. The molecule has 154 valence electrons. The van der Waals surface area contributed by atoms with E-state index in [0.29, 0.717) is 31.1 Å². The largest absolute Gasteiger partial charge is 0.495 e. The van der Waals surface area contributed by atoms with E-state index in [1.165, 1.54) is 12.1 Å². The number of amides is 3. The summed E-state index contributed by atoms with van der Waals surface area (Å²) >= 11 is 5.93. The Morgan fingerprint density at radius 3 is 2.62 bits per heavy atom. The van der Waals surface area contributed by atoms with Gasteiger partial charge < -0.3 is 20.3 Å². The highest BCUT2D eigenvalue weighted by Gasteiger charge is 2.24. The molecule has 29 heavy (non-hydrogen) atoms. The van der Waals surface area contributed by atoms with Gasteiger partial charge in [-0.05, 0) is 49.1 Å². The molecule has 0 atom stereocenters. The zero-order valence-corrected chi connectivity index (χ0v) is 16.8. The fourth-order valence-electron chi connectivity index (χ4n) is 3.29. The highest BCUT2D eigenvalue weighted by Crippen LogP contribution is 2.24. The first kappa shape index (κ1) is 20.9. The minimum Gasteiger partial charge on any atom is -0.495 e. The van der Waals surface area contributed by atoms with Crippen LogP contribution in [0.2, 0.25) is 5.02 Å². The van der Waals surface area contributed by atoms with Crippen LogP contribution >= 0.6 is 11.6 Å². The maximum Gasteiger partial charge on any atom is 0.321 e. The number of ether oxygens (including phenoxy) is 1. The number of hydrogen-bond acceptors (Lipinski definition) is 3. The molecule has 1 saturated heterocycles. The number of hydrogen-bond donors (Lipinski definition) is 2. The van der Waals surface area contributed by atoms with Crippen molar-refractivity contribution in [3.63, 3.8) is 0 Å². The van der Waals surface area contributed by atoms with Crippen LogP contribution in [0.25, 0.3) is 0 Å². The number of halogens is 2. The lowest BCUT2D eigenvalue weighted by atomic mass is 9.97. The summed E-state index contributed by atoms with van der Waals surface area (Å²) in [6.07, 6.45) is 1.55. The summed E-state index contributed by atoms with van der Waals surface area (Å²) in [5.74, 6) is 0.0584. The van der Waals surface area contributed by atoms with Crippen LogP contribution in [0.5, 0.6) is 5.75 Å². The van der Waals surface area contributed by atoms with Crippen LogP contribution in [0.1, 0.15) is 23.2 Å². The van der Waals surface area contributed by atoms with Gasteiger partial charge in [0, 0.05) is 19.6 Å². The molecule has 1 fully saturated rings. The van der Waals surface area contributed by atoms with Crippen molar-refractivity contribution in [2.45, 2.75) is 12.8 Å². The molecule has 0 aliphatic carbocycles. The molecule has 6 nitrogen and oxygen atoms in total. The first-order chi connectivity index (χ1) is 14.0. The Morgan fingerprint density at radius 2 is 1.93 bits per heavy atom. The fourth-order valence-corrected chi connectivity index (χ4v) is 3.54. The standard InChI is InChI=1S/C21H23ClFN3O3/c1-29-19-5-3-2-4-18(19)25-21(28)26-10-8-14(9-11-26)13-24-20(27)16-7-6-15(23)12-17(16)22/h2-7,12,14H,8-11,13H2,1H3,(H,24,27)(H,25,28). The number of rotatable bonds is 5. The summed E-state index contributed by atoms with van der Waals surface area (Å²) in [5, 5.41) is 5.81. The predicted octanol–water partition coefficient (Wildman–Crippen LogP) is 4.16. The maximum atomic E-state index is 13.1. The molecule has 0 saturated carbocycles. The molecule has 3 amide bonds. The summed E-state index contributed by atoms with van der Waals surface area (Å²) in [7, 11) is 1.56. The first-order valence-electron chi connectivity index (χ1n) is 9.40. The maximum absolute atomic E-state index is 13.1. The Bertz CT molecular complexity index is 885. The quantitative estimate of drug-likeness (QED) is 0.764. The number of benzene rings is 2. The predicted molar refractivity (Wildman–Crippen MR) is 110 cm³/mol. The van der Waals surface area contributed by atoms with Crippen LogP contribution in [0.15, 0.2) is 42.5 Å². The summed E-state index contributed by atoms with van der Waals surface area (Å²) in [6.45, 7) is 1.67. The number of nitrogens with one attached hydrogen (secondary N) is 2. The van der Waals surface area contributed by atoms with E-state index in [9.17, 15) is 14.0 Å². The molecule has 0 radical (unpaired) electrons. The molecule has 0 spiro atoms. The van der Waals surface area contributed by atoms with Crippen molar-refractivity contribution < 1.29 is 18.7 Å². The highest BCUT2D eigenvalue weighted by atomic mass is 35.5. The van der Waals surface area contributed by atoms with Gasteiger partial charge in [0.15, 0.2) is 0 Å². The van der Waals surface area contributed by atoms with Crippen LogP contribution in [0.3, 0.4) is 0 Å². The van der Waals surface area contributed by atoms with Crippen molar-refractivity contribution in [1.82, 2.24) is 10.2 Å². The van der Waals surface area contributed by atoms with Gasteiger partial charge in [-0.3, -0.25) is 4.79 Å². The number of urea groups is 1. The van der Waals surface area contributed by atoms with E-state index >= 15 is 0 Å². The Hall–Kier alpha value is -2.80. The molecule has 3 rings (SSSR count). The first-order valence-corrected chi connectivity index (χ1v) is 9.78. The van der Waals surface area contributed by atoms with E-state index in [-0.39, 0.29) is 28.4 Å². The summed E-state index contributed by atoms with van der Waals surface area (Å²) in [5.41, 5.74) is 0.882. The molecular weight excluding hydrogens is 397 g/mol. The lowest BCUT2D eigenvalue weighted by Gasteiger charge is -2.32. The van der Waals surface area contributed by atoms with E-state index < -0.39 is 5.82 Å². The van der Waals surface area contributed by atoms with Gasteiger partial charge in [-0.25, -0.2) is 9.18 Å². The zero-order chi connectivity index (χ0) is 20.8. The third kappa shape index (κ3) is 5.38. The number of carbonyl (C=O) groups is 2. The summed E-state index contributed by atoms with van der Waals surface area (Å²) < 4.78 is 18.4. The Labute approximate surface area is 174 Å². The van der Waals surface area contributed by atoms with Crippen molar-refractivity contribution >= 4 is 29.2 Å². The summed E-state index contributed by atoms with van der Waals surface area (Å²) in [6, 6.07) is 10.8. The van der Waals surface area contributed by atoms with Crippen molar-refractivity contribution in [1.29, 1.82) is 0 Å². The van der Waals surface area contributed by atoms with Gasteiger partial charge in [-0.15, -0.1) is 0 Å². The average molecular weight is 420 g/mol. The van der Waals surface area contributed by atoms with Gasteiger partial charge >= 0.3 is 6.03 Å². The average Bonchev–Trinajstić information content (AvgIpc) is 2.72. The molecule has 2 aromatic rings. The van der Waals surface area contributed by atoms with E-state index in [1.807, 2.05) is 12.1 Å². The van der Waals surface area contributed by atoms with Gasteiger partial charge in [0.25, 0.3) is 5.91 Å². The molecular formula is C21H23ClFN3O3. The molecule has 0 aromatic heterocycles. The van der Waals surface area contributed by atoms with E-state index in [1.54, 1.807) is 24.1 Å². The van der Waals surface area contributed by atoms with Gasteiger partial charge in [-0.1, -0.05) is 23.7 Å². The monoisotopic (exact) mass is 419 g/mol. The van der Waals surface area contributed by atoms with Crippen LogP contribution in [-0.4, -0.2) is 43.6 Å². The molecule has 2 aromatic carbocycles. The number of nitrogens with zero attached hydrogens (tertiary/aromatic N) is 1. The van der Waals surface area contributed by atoms with Crippen LogP contribution in [0.4, 0.5) is 14.9 Å². The van der Waals surface area contributed by atoms with E-state index in [2.05, 4.69) is 10.6 Å². The van der Waals surface area contributed by atoms with Crippen molar-refractivity contribution in [2.75, 3.05) is 32.1 Å². The summed E-state index contributed by atoms with van der Waals surface area (Å²) in [4.78, 5) is 26.5. The number of likely N-dealkylation sites (tertiary alicyclic amines) is 1. The Kier molecular flexibility index (Phi) is 6.93. The molecule has 1 aliphatic rings. The Balaban J connectivity index is 1.46. The molecule has 8 heteroatoms. The van der Waals surface area contributed by atoms with Crippen LogP contribution in [0, 0.1) is 11.7 Å². The minimum absolute atomic E-state index is 0.0883. The fraction of sp³-hybridized carbons (Fsp3) is 0.333. The van der Waals surface area contributed by atoms with Crippen molar-refractivity contribution in [3.8, 4) is 5.75 Å². The second-order valence-electron chi connectivity index (χ2n) is 6.90. The van der Waals surface area contributed by atoms with Gasteiger partial charge in [0.2, 0.25) is 0 Å². The van der Waals surface area contributed by atoms with Crippen molar-refractivity contribution in [3.05, 3.63) is 58.9 Å². The van der Waals surface area contributed by atoms with E-state index in [0.717, 1.165) is 18.9 Å². The smallest absolute Gasteiger partial charge is 0.321 e. The number of methoxy groups -OCH3 is 1. The van der Waals surface area contributed by atoms with Crippen LogP contribution < -0.4 is 15.4 Å². The molecule has 0 bridgehead atoms. The molecule has 0 unspecified atom stereocenters.